The minimum atomic E-state index is -0.0607. The number of nitrogens with zero attached hydrogens (tertiary/aromatic N) is 4. The zero-order chi connectivity index (χ0) is 30.8. The van der Waals surface area contributed by atoms with Gasteiger partial charge in [-0.1, -0.05) is 129 Å². The standard InChI is InChI=1S/C42H30N4/c1-42(2)35-22-11-9-20-31(35)33-26-38-34(25-36(33)42)32-21-10-12-23-37(32)46(38)30-19-13-18-29(24-30)41-44-39(27-14-5-3-6-15-27)43-40(45-41)28-16-7-4-8-17-28/h3-26H,1-2H3. The molecule has 2 aromatic heterocycles. The maximum absolute atomic E-state index is 5.00. The highest BCUT2D eigenvalue weighted by Gasteiger charge is 2.36. The Morgan fingerprint density at radius 1 is 0.435 bits per heavy atom. The Morgan fingerprint density at radius 3 is 1.74 bits per heavy atom. The van der Waals surface area contributed by atoms with Crippen LogP contribution in [0.25, 0.3) is 72.8 Å². The van der Waals surface area contributed by atoms with Gasteiger partial charge in [-0.05, 0) is 52.6 Å². The molecule has 0 radical (unpaired) electrons. The molecule has 1 aliphatic carbocycles. The maximum atomic E-state index is 5.00. The van der Waals surface area contributed by atoms with Crippen molar-refractivity contribution < 1.29 is 0 Å². The molecule has 0 atom stereocenters. The molecule has 46 heavy (non-hydrogen) atoms. The minimum absolute atomic E-state index is 0.0607. The Morgan fingerprint density at radius 2 is 1.02 bits per heavy atom. The third-order valence-corrected chi connectivity index (χ3v) is 9.44. The molecule has 0 fully saturated rings. The summed E-state index contributed by atoms with van der Waals surface area (Å²) >= 11 is 0. The number of benzene rings is 6. The van der Waals surface area contributed by atoms with Gasteiger partial charge < -0.3 is 4.57 Å². The first-order valence-corrected chi connectivity index (χ1v) is 15.7. The minimum Gasteiger partial charge on any atom is -0.309 e. The fraction of sp³-hybridized carbons (Fsp3) is 0.0714. The monoisotopic (exact) mass is 590 g/mol. The summed E-state index contributed by atoms with van der Waals surface area (Å²) < 4.78 is 2.39. The molecule has 0 aliphatic heterocycles. The third-order valence-electron chi connectivity index (χ3n) is 9.44. The quantitative estimate of drug-likeness (QED) is 0.205. The summed E-state index contributed by atoms with van der Waals surface area (Å²) in [6.07, 6.45) is 0. The van der Waals surface area contributed by atoms with Crippen molar-refractivity contribution in [1.29, 1.82) is 0 Å². The lowest BCUT2D eigenvalue weighted by Gasteiger charge is -2.21. The molecule has 0 saturated carbocycles. The van der Waals surface area contributed by atoms with Gasteiger partial charge >= 0.3 is 0 Å². The lowest BCUT2D eigenvalue weighted by Crippen LogP contribution is -2.14. The summed E-state index contributed by atoms with van der Waals surface area (Å²) in [7, 11) is 0. The van der Waals surface area contributed by atoms with Gasteiger partial charge in [0, 0.05) is 38.6 Å². The van der Waals surface area contributed by atoms with Crippen LogP contribution in [0.2, 0.25) is 0 Å². The average Bonchev–Trinajstić information content (AvgIpc) is 3.56. The lowest BCUT2D eigenvalue weighted by atomic mass is 9.82. The predicted octanol–water partition coefficient (Wildman–Crippen LogP) is 10.3. The molecule has 8 aromatic rings. The van der Waals surface area contributed by atoms with Crippen LogP contribution in [0.5, 0.6) is 0 Å². The van der Waals surface area contributed by atoms with Gasteiger partial charge in [0.05, 0.1) is 11.0 Å². The molecule has 6 aromatic carbocycles. The number of para-hydroxylation sites is 1. The van der Waals surface area contributed by atoms with Crippen molar-refractivity contribution >= 4 is 21.8 Å². The van der Waals surface area contributed by atoms with Crippen LogP contribution in [-0.4, -0.2) is 19.5 Å². The molecule has 0 bridgehead atoms. The van der Waals surface area contributed by atoms with E-state index in [4.69, 9.17) is 15.0 Å². The second-order valence-electron chi connectivity index (χ2n) is 12.5. The average molecular weight is 591 g/mol. The van der Waals surface area contributed by atoms with Crippen molar-refractivity contribution in [3.05, 3.63) is 157 Å². The van der Waals surface area contributed by atoms with E-state index in [9.17, 15) is 0 Å². The van der Waals surface area contributed by atoms with E-state index in [1.165, 1.54) is 44.1 Å². The Bertz CT molecular complexity index is 2380. The second kappa shape index (κ2) is 10.1. The molecule has 4 nitrogen and oxygen atoms in total. The van der Waals surface area contributed by atoms with Gasteiger partial charge in [0.1, 0.15) is 0 Å². The highest BCUT2D eigenvalue weighted by molar-refractivity contribution is 6.11. The van der Waals surface area contributed by atoms with Gasteiger partial charge in [-0.15, -0.1) is 0 Å². The Kier molecular flexibility index (Phi) is 5.81. The molecule has 0 saturated heterocycles. The summed E-state index contributed by atoms with van der Waals surface area (Å²) in [4.78, 5) is 14.9. The third kappa shape index (κ3) is 4.04. The van der Waals surface area contributed by atoms with Gasteiger partial charge in [0.2, 0.25) is 0 Å². The fourth-order valence-corrected chi connectivity index (χ4v) is 7.16. The molecule has 1 aliphatic rings. The summed E-state index contributed by atoms with van der Waals surface area (Å²) in [5, 5.41) is 2.51. The van der Waals surface area contributed by atoms with E-state index >= 15 is 0 Å². The molecule has 0 N–H and O–H groups in total. The molecule has 4 heteroatoms. The first kappa shape index (κ1) is 26.5. The van der Waals surface area contributed by atoms with E-state index in [0.717, 1.165) is 22.4 Å². The second-order valence-corrected chi connectivity index (χ2v) is 12.5. The van der Waals surface area contributed by atoms with Gasteiger partial charge in [-0.25, -0.2) is 15.0 Å². The van der Waals surface area contributed by atoms with Crippen LogP contribution in [0.3, 0.4) is 0 Å². The molecule has 218 valence electrons. The van der Waals surface area contributed by atoms with Crippen molar-refractivity contribution in [2.45, 2.75) is 19.3 Å². The summed E-state index contributed by atoms with van der Waals surface area (Å²) in [6.45, 7) is 4.68. The number of hydrogen-bond acceptors (Lipinski definition) is 3. The van der Waals surface area contributed by atoms with Crippen molar-refractivity contribution in [3.8, 4) is 51.0 Å². The Hall–Kier alpha value is -5.87. The number of rotatable bonds is 4. The van der Waals surface area contributed by atoms with E-state index in [1.807, 2.05) is 60.7 Å². The summed E-state index contributed by atoms with van der Waals surface area (Å²) in [6, 6.07) is 51.2. The van der Waals surface area contributed by atoms with Crippen molar-refractivity contribution in [1.82, 2.24) is 19.5 Å². The summed E-state index contributed by atoms with van der Waals surface area (Å²) in [5.74, 6) is 1.96. The molecule has 9 rings (SSSR count). The van der Waals surface area contributed by atoms with Crippen molar-refractivity contribution in [2.75, 3.05) is 0 Å². The Balaban J connectivity index is 1.27. The van der Waals surface area contributed by atoms with Crippen LogP contribution in [0.1, 0.15) is 25.0 Å². The fourth-order valence-electron chi connectivity index (χ4n) is 7.16. The van der Waals surface area contributed by atoms with Crippen LogP contribution in [0.15, 0.2) is 146 Å². The molecule has 2 heterocycles. The van der Waals surface area contributed by atoms with E-state index < -0.39 is 0 Å². The van der Waals surface area contributed by atoms with Crippen LogP contribution in [0.4, 0.5) is 0 Å². The number of fused-ring (bicyclic) bond motifs is 6. The van der Waals surface area contributed by atoms with E-state index in [1.54, 1.807) is 0 Å². The van der Waals surface area contributed by atoms with Crippen molar-refractivity contribution in [3.63, 3.8) is 0 Å². The van der Waals surface area contributed by atoms with E-state index in [-0.39, 0.29) is 5.41 Å². The lowest BCUT2D eigenvalue weighted by molar-refractivity contribution is 0.661. The SMILES string of the molecule is CC1(C)c2ccccc2-c2cc3c(cc21)c1ccccc1n3-c1cccc(-c2nc(-c3ccccc3)nc(-c3ccccc3)n2)c1. The zero-order valence-electron chi connectivity index (χ0n) is 25.6. The normalized spacial score (nSPS) is 13.2. The molecule has 0 amide bonds. The smallest absolute Gasteiger partial charge is 0.164 e. The Labute approximate surface area is 267 Å². The number of aromatic nitrogens is 4. The number of hydrogen-bond donors (Lipinski definition) is 0. The highest BCUT2D eigenvalue weighted by atomic mass is 15.0. The van der Waals surface area contributed by atoms with Crippen LogP contribution in [0, 0.1) is 0 Å². The maximum Gasteiger partial charge on any atom is 0.164 e. The zero-order valence-corrected chi connectivity index (χ0v) is 25.6. The molecular formula is C42H30N4. The van der Waals surface area contributed by atoms with Gasteiger partial charge in [-0.2, -0.15) is 0 Å². The first-order chi connectivity index (χ1) is 22.6. The van der Waals surface area contributed by atoms with Crippen molar-refractivity contribution in [2.24, 2.45) is 0 Å². The topological polar surface area (TPSA) is 43.6 Å². The van der Waals surface area contributed by atoms with Gasteiger partial charge in [-0.3, -0.25) is 0 Å². The molecule has 0 spiro atoms. The van der Waals surface area contributed by atoms with Crippen LogP contribution in [-0.2, 0) is 5.41 Å². The molecular weight excluding hydrogens is 560 g/mol. The largest absolute Gasteiger partial charge is 0.309 e. The van der Waals surface area contributed by atoms with Crippen LogP contribution >= 0.6 is 0 Å². The van der Waals surface area contributed by atoms with Crippen LogP contribution < -0.4 is 0 Å². The first-order valence-electron chi connectivity index (χ1n) is 15.7. The summed E-state index contributed by atoms with van der Waals surface area (Å²) in [5.41, 5.74) is 11.6. The van der Waals surface area contributed by atoms with Gasteiger partial charge in [0.15, 0.2) is 17.5 Å². The van der Waals surface area contributed by atoms with E-state index in [0.29, 0.717) is 17.5 Å². The van der Waals surface area contributed by atoms with Gasteiger partial charge in [0.25, 0.3) is 0 Å². The van der Waals surface area contributed by atoms with E-state index in [2.05, 4.69) is 103 Å². The predicted molar refractivity (Wildman–Crippen MR) is 188 cm³/mol. The molecule has 0 unspecified atom stereocenters. The highest BCUT2D eigenvalue weighted by Crippen LogP contribution is 2.51.